The predicted molar refractivity (Wildman–Crippen MR) is 83.6 cm³/mol. The molecule has 0 bridgehead atoms. The summed E-state index contributed by atoms with van der Waals surface area (Å²) in [6, 6.07) is 4.85. The molecule has 0 radical (unpaired) electrons. The second-order valence-corrected chi connectivity index (χ2v) is 7.43. The minimum Gasteiger partial charge on any atom is -0.376 e. The standard InChI is InChI=1S/C15H19F3N2O4S/c16-15(17,18)10-20-25(22,23)13-6-3-4-11(8-13)14(21)19-9-12-5-1-2-7-24-12/h3-4,6,8,12,20H,1-2,5,7,9-10H2,(H,19,21). The lowest BCUT2D eigenvalue weighted by Crippen LogP contribution is -2.36. The van der Waals surface area contributed by atoms with E-state index in [1.165, 1.54) is 16.9 Å². The van der Waals surface area contributed by atoms with Gasteiger partial charge in [-0.25, -0.2) is 13.1 Å². The normalized spacial score (nSPS) is 18.8. The Kier molecular flexibility index (Phi) is 6.42. The Morgan fingerprint density at radius 2 is 2.04 bits per heavy atom. The van der Waals surface area contributed by atoms with Gasteiger partial charge in [-0.15, -0.1) is 0 Å². The SMILES string of the molecule is O=C(NCC1CCCCO1)c1cccc(S(=O)(=O)NCC(F)(F)F)c1. The summed E-state index contributed by atoms with van der Waals surface area (Å²) in [6.07, 6.45) is -1.93. The second-order valence-electron chi connectivity index (χ2n) is 5.67. The van der Waals surface area contributed by atoms with E-state index >= 15 is 0 Å². The van der Waals surface area contributed by atoms with Crippen LogP contribution in [-0.4, -0.2) is 46.3 Å². The third-order valence-electron chi connectivity index (χ3n) is 3.63. The van der Waals surface area contributed by atoms with Crippen LogP contribution in [0, 0.1) is 0 Å². The number of amides is 1. The Balaban J connectivity index is 2.00. The smallest absolute Gasteiger partial charge is 0.376 e. The minimum absolute atomic E-state index is 0.0469. The quantitative estimate of drug-likeness (QED) is 0.789. The number of ether oxygens (including phenoxy) is 1. The predicted octanol–water partition coefficient (Wildman–Crippen LogP) is 1.83. The number of hydrogen-bond acceptors (Lipinski definition) is 4. The molecule has 25 heavy (non-hydrogen) atoms. The second kappa shape index (κ2) is 8.15. The molecule has 1 heterocycles. The maximum absolute atomic E-state index is 12.2. The molecule has 1 unspecified atom stereocenters. The van der Waals surface area contributed by atoms with Crippen LogP contribution in [0.1, 0.15) is 29.6 Å². The largest absolute Gasteiger partial charge is 0.402 e. The van der Waals surface area contributed by atoms with Gasteiger partial charge >= 0.3 is 6.18 Å². The summed E-state index contributed by atoms with van der Waals surface area (Å²) in [5.41, 5.74) is 0.0469. The molecule has 1 atom stereocenters. The summed E-state index contributed by atoms with van der Waals surface area (Å²) < 4.78 is 67.3. The van der Waals surface area contributed by atoms with Gasteiger partial charge in [-0.05, 0) is 37.5 Å². The van der Waals surface area contributed by atoms with Crippen molar-refractivity contribution in [3.63, 3.8) is 0 Å². The first-order chi connectivity index (χ1) is 11.7. The number of nitrogens with one attached hydrogen (secondary N) is 2. The lowest BCUT2D eigenvalue weighted by Gasteiger charge is -2.22. The first-order valence-electron chi connectivity index (χ1n) is 7.74. The number of carbonyl (C=O) groups is 1. The summed E-state index contributed by atoms with van der Waals surface area (Å²) in [5, 5.41) is 2.64. The zero-order chi connectivity index (χ0) is 18.5. The van der Waals surface area contributed by atoms with Gasteiger partial charge in [-0.1, -0.05) is 6.07 Å². The molecule has 6 nitrogen and oxygen atoms in total. The number of hydrogen-bond donors (Lipinski definition) is 2. The topological polar surface area (TPSA) is 84.5 Å². The van der Waals surface area contributed by atoms with Crippen LogP contribution >= 0.6 is 0 Å². The Morgan fingerprint density at radius 3 is 2.68 bits per heavy atom. The average molecular weight is 380 g/mol. The molecule has 2 N–H and O–H groups in total. The van der Waals surface area contributed by atoms with Crippen LogP contribution in [0.15, 0.2) is 29.2 Å². The maximum atomic E-state index is 12.2. The first kappa shape index (κ1) is 19.7. The number of benzene rings is 1. The van der Waals surface area contributed by atoms with Crippen LogP contribution in [0.5, 0.6) is 0 Å². The molecular formula is C15H19F3N2O4S. The molecule has 0 aliphatic carbocycles. The fraction of sp³-hybridized carbons (Fsp3) is 0.533. The molecule has 1 aromatic rings. The highest BCUT2D eigenvalue weighted by molar-refractivity contribution is 7.89. The van der Waals surface area contributed by atoms with Gasteiger partial charge in [0.15, 0.2) is 0 Å². The molecule has 0 spiro atoms. The van der Waals surface area contributed by atoms with Gasteiger partial charge in [0, 0.05) is 18.7 Å². The molecule has 0 aromatic heterocycles. The van der Waals surface area contributed by atoms with Crippen molar-refractivity contribution in [2.75, 3.05) is 19.7 Å². The summed E-state index contributed by atoms with van der Waals surface area (Å²) >= 11 is 0. The third-order valence-corrected chi connectivity index (χ3v) is 5.03. The molecule has 1 fully saturated rings. The fourth-order valence-corrected chi connectivity index (χ4v) is 3.40. The number of alkyl halides is 3. The van der Waals surface area contributed by atoms with Crippen molar-refractivity contribution in [2.24, 2.45) is 0 Å². The molecule has 1 amide bonds. The molecule has 140 valence electrons. The van der Waals surface area contributed by atoms with Crippen molar-refractivity contribution < 1.29 is 31.1 Å². The van der Waals surface area contributed by atoms with E-state index in [1.807, 2.05) is 0 Å². The van der Waals surface area contributed by atoms with Crippen molar-refractivity contribution in [1.82, 2.24) is 10.0 Å². The van der Waals surface area contributed by atoms with E-state index in [0.29, 0.717) is 13.2 Å². The fourth-order valence-electron chi connectivity index (χ4n) is 2.34. The van der Waals surface area contributed by atoms with E-state index in [1.54, 1.807) is 0 Å². The van der Waals surface area contributed by atoms with Crippen molar-refractivity contribution in [3.05, 3.63) is 29.8 Å². The molecule has 1 aliphatic rings. The first-order valence-corrected chi connectivity index (χ1v) is 9.22. The van der Waals surface area contributed by atoms with Crippen LogP contribution in [0.25, 0.3) is 0 Å². The van der Waals surface area contributed by atoms with Gasteiger partial charge in [-0.2, -0.15) is 13.2 Å². The van der Waals surface area contributed by atoms with E-state index in [2.05, 4.69) is 5.32 Å². The lowest BCUT2D eigenvalue weighted by molar-refractivity contribution is -0.121. The van der Waals surface area contributed by atoms with Gasteiger partial charge in [0.05, 0.1) is 11.0 Å². The van der Waals surface area contributed by atoms with Crippen LogP contribution in [0.3, 0.4) is 0 Å². The minimum atomic E-state index is -4.66. The molecule has 1 aromatic carbocycles. The highest BCUT2D eigenvalue weighted by Gasteiger charge is 2.30. The summed E-state index contributed by atoms with van der Waals surface area (Å²) in [7, 11) is -4.36. The van der Waals surface area contributed by atoms with Crippen LogP contribution in [0.4, 0.5) is 13.2 Å². The van der Waals surface area contributed by atoms with Crippen LogP contribution < -0.4 is 10.0 Å². The highest BCUT2D eigenvalue weighted by atomic mass is 32.2. The van der Waals surface area contributed by atoms with Crippen molar-refractivity contribution in [2.45, 2.75) is 36.4 Å². The summed E-state index contributed by atoms with van der Waals surface area (Å²) in [6.45, 7) is -0.744. The third kappa shape index (κ3) is 6.29. The van der Waals surface area contributed by atoms with E-state index in [0.717, 1.165) is 31.4 Å². The summed E-state index contributed by atoms with van der Waals surface area (Å²) in [4.78, 5) is 11.7. The Morgan fingerprint density at radius 1 is 1.28 bits per heavy atom. The van der Waals surface area contributed by atoms with Gasteiger partial charge in [0.1, 0.15) is 6.54 Å². The van der Waals surface area contributed by atoms with E-state index < -0.39 is 33.5 Å². The van der Waals surface area contributed by atoms with Crippen molar-refractivity contribution >= 4 is 15.9 Å². The summed E-state index contributed by atoms with van der Waals surface area (Å²) in [5.74, 6) is -0.512. The van der Waals surface area contributed by atoms with Crippen molar-refractivity contribution in [1.29, 1.82) is 0 Å². The molecule has 1 saturated heterocycles. The molecule has 10 heteroatoms. The Labute approximate surface area is 143 Å². The number of rotatable bonds is 6. The van der Waals surface area contributed by atoms with Crippen LogP contribution in [-0.2, 0) is 14.8 Å². The zero-order valence-electron chi connectivity index (χ0n) is 13.3. The zero-order valence-corrected chi connectivity index (χ0v) is 14.1. The number of carbonyl (C=O) groups excluding carboxylic acids is 1. The molecular weight excluding hydrogens is 361 g/mol. The van der Waals surface area contributed by atoms with E-state index in [4.69, 9.17) is 4.74 Å². The Hall–Kier alpha value is -1.65. The van der Waals surface area contributed by atoms with E-state index in [-0.39, 0.29) is 11.7 Å². The van der Waals surface area contributed by atoms with E-state index in [9.17, 15) is 26.4 Å². The van der Waals surface area contributed by atoms with Gasteiger partial charge in [0.2, 0.25) is 10.0 Å². The number of sulfonamides is 1. The van der Waals surface area contributed by atoms with Gasteiger partial charge in [-0.3, -0.25) is 4.79 Å². The molecule has 1 aliphatic heterocycles. The number of halogens is 3. The monoisotopic (exact) mass is 380 g/mol. The average Bonchev–Trinajstić information content (AvgIpc) is 2.58. The van der Waals surface area contributed by atoms with Gasteiger partial charge < -0.3 is 10.1 Å². The lowest BCUT2D eigenvalue weighted by atomic mass is 10.1. The Bertz CT molecular complexity index is 701. The highest BCUT2D eigenvalue weighted by Crippen LogP contribution is 2.16. The van der Waals surface area contributed by atoms with Crippen molar-refractivity contribution in [3.8, 4) is 0 Å². The molecule has 0 saturated carbocycles. The molecule has 2 rings (SSSR count). The van der Waals surface area contributed by atoms with Gasteiger partial charge in [0.25, 0.3) is 5.91 Å². The van der Waals surface area contributed by atoms with Crippen LogP contribution in [0.2, 0.25) is 0 Å². The maximum Gasteiger partial charge on any atom is 0.402 e.